The van der Waals surface area contributed by atoms with E-state index in [1.54, 1.807) is 19.4 Å². The summed E-state index contributed by atoms with van der Waals surface area (Å²) in [7, 11) is 1.54. The Morgan fingerprint density at radius 2 is 1.78 bits per heavy atom. The molecule has 1 fully saturated rings. The molecule has 5 rings (SSSR count). The van der Waals surface area contributed by atoms with Crippen LogP contribution in [-0.2, 0) is 4.74 Å². The van der Waals surface area contributed by atoms with Crippen LogP contribution in [-0.4, -0.2) is 22.1 Å². The number of aromatic nitrogens is 3. The molecule has 0 unspecified atom stereocenters. The molecule has 1 atom stereocenters. The van der Waals surface area contributed by atoms with Gasteiger partial charge in [-0.15, -0.1) is 0 Å². The molecule has 32 heavy (non-hydrogen) atoms. The van der Waals surface area contributed by atoms with Crippen molar-refractivity contribution in [3.63, 3.8) is 0 Å². The van der Waals surface area contributed by atoms with E-state index in [-0.39, 0.29) is 28.7 Å². The van der Waals surface area contributed by atoms with Crippen LogP contribution >= 0.6 is 0 Å². The maximum atomic E-state index is 14.1. The van der Waals surface area contributed by atoms with Crippen LogP contribution in [0.3, 0.4) is 0 Å². The van der Waals surface area contributed by atoms with Crippen LogP contribution < -0.4 is 0 Å². The number of halogens is 4. The minimum atomic E-state index is -1.54. The maximum absolute atomic E-state index is 14.1. The number of aromatic amines is 1. The lowest BCUT2D eigenvalue weighted by atomic mass is 9.76. The summed E-state index contributed by atoms with van der Waals surface area (Å²) in [6.07, 6.45) is 4.63. The molecule has 8 heteroatoms. The first kappa shape index (κ1) is 20.9. The summed E-state index contributed by atoms with van der Waals surface area (Å²) >= 11 is 0. The number of pyridine rings is 1. The van der Waals surface area contributed by atoms with Crippen LogP contribution in [0.4, 0.5) is 17.6 Å². The number of hydrogen-bond acceptors (Lipinski definition) is 3. The standard InChI is InChI=1S/C24H21F4N3O/c1-32-23(24-30-19-11-17(26)20(27)21(28)22(19)31-24)13-4-2-12(3-5-13)15-8-9-29-18-7-6-14(25)10-16(15)18/h6-13,23H,2-5H2,1H3,(H,30,31)/t12?,13?,23-/m1/s1. The lowest BCUT2D eigenvalue weighted by molar-refractivity contribution is 0.0274. The van der Waals surface area contributed by atoms with Gasteiger partial charge in [-0.1, -0.05) is 0 Å². The van der Waals surface area contributed by atoms with Gasteiger partial charge in [-0.05, 0) is 67.3 Å². The normalized spacial score (nSPS) is 20.2. The molecule has 1 saturated carbocycles. The topological polar surface area (TPSA) is 50.8 Å². The number of H-pyrrole nitrogens is 1. The first-order valence-corrected chi connectivity index (χ1v) is 10.6. The van der Waals surface area contributed by atoms with Crippen molar-refractivity contribution in [3.8, 4) is 0 Å². The van der Waals surface area contributed by atoms with Crippen molar-refractivity contribution in [2.45, 2.75) is 37.7 Å². The molecule has 1 N–H and O–H groups in total. The monoisotopic (exact) mass is 443 g/mol. The van der Waals surface area contributed by atoms with Crippen LogP contribution in [0.5, 0.6) is 0 Å². The summed E-state index contributed by atoms with van der Waals surface area (Å²) in [5, 5.41) is 0.830. The third-order valence-corrected chi connectivity index (χ3v) is 6.53. The highest BCUT2D eigenvalue weighted by molar-refractivity contribution is 5.82. The molecule has 1 aliphatic rings. The Labute approximate surface area is 181 Å². The van der Waals surface area contributed by atoms with E-state index < -0.39 is 23.6 Å². The number of hydrogen-bond donors (Lipinski definition) is 1. The van der Waals surface area contributed by atoms with Crippen molar-refractivity contribution in [2.24, 2.45) is 5.92 Å². The van der Waals surface area contributed by atoms with Crippen molar-refractivity contribution in [1.29, 1.82) is 0 Å². The van der Waals surface area contributed by atoms with E-state index in [9.17, 15) is 17.6 Å². The van der Waals surface area contributed by atoms with Crippen molar-refractivity contribution in [2.75, 3.05) is 7.11 Å². The van der Waals surface area contributed by atoms with Crippen LogP contribution in [0.1, 0.15) is 49.1 Å². The van der Waals surface area contributed by atoms with E-state index in [4.69, 9.17) is 4.74 Å². The fourth-order valence-corrected chi connectivity index (χ4v) is 4.97. The third kappa shape index (κ3) is 3.52. The SMILES string of the molecule is CO[C@@H](c1nc2c(F)c(F)c(F)cc2[nH]1)C1CCC(c2ccnc3ccc(F)cc23)CC1. The van der Waals surface area contributed by atoms with Crippen molar-refractivity contribution in [3.05, 3.63) is 71.2 Å². The second-order valence-corrected chi connectivity index (χ2v) is 8.33. The van der Waals surface area contributed by atoms with Gasteiger partial charge in [0.1, 0.15) is 23.3 Å². The number of ether oxygens (including phenoxy) is 1. The van der Waals surface area contributed by atoms with Gasteiger partial charge in [0.2, 0.25) is 0 Å². The molecule has 0 amide bonds. The molecule has 1 aliphatic carbocycles. The zero-order valence-electron chi connectivity index (χ0n) is 17.3. The summed E-state index contributed by atoms with van der Waals surface area (Å²) in [5.41, 5.74) is 1.71. The third-order valence-electron chi connectivity index (χ3n) is 6.53. The lowest BCUT2D eigenvalue weighted by Crippen LogP contribution is -2.22. The van der Waals surface area contributed by atoms with E-state index in [2.05, 4.69) is 15.0 Å². The van der Waals surface area contributed by atoms with Gasteiger partial charge in [0.05, 0.1) is 11.0 Å². The Balaban J connectivity index is 1.38. The predicted octanol–water partition coefficient (Wildman–Crippen LogP) is 6.33. The first-order chi connectivity index (χ1) is 15.5. The Bertz CT molecular complexity index is 1300. The van der Waals surface area contributed by atoms with Gasteiger partial charge in [-0.2, -0.15) is 0 Å². The van der Waals surface area contributed by atoms with E-state index in [0.29, 0.717) is 5.82 Å². The highest BCUT2D eigenvalue weighted by Gasteiger charge is 2.32. The highest BCUT2D eigenvalue weighted by Crippen LogP contribution is 2.43. The summed E-state index contributed by atoms with van der Waals surface area (Å²) in [4.78, 5) is 11.4. The van der Waals surface area contributed by atoms with Crippen LogP contribution in [0.2, 0.25) is 0 Å². The zero-order valence-corrected chi connectivity index (χ0v) is 17.3. The first-order valence-electron chi connectivity index (χ1n) is 10.6. The molecule has 2 heterocycles. The van der Waals surface area contributed by atoms with Gasteiger partial charge < -0.3 is 9.72 Å². The Kier molecular flexibility index (Phi) is 5.33. The molecular formula is C24H21F4N3O. The van der Waals surface area contributed by atoms with E-state index in [1.165, 1.54) is 12.1 Å². The Hall–Kier alpha value is -3.00. The molecule has 0 spiro atoms. The summed E-state index contributed by atoms with van der Waals surface area (Å²) in [6.45, 7) is 0. The van der Waals surface area contributed by atoms with Crippen LogP contribution in [0.25, 0.3) is 21.9 Å². The number of benzene rings is 2. The van der Waals surface area contributed by atoms with Gasteiger partial charge >= 0.3 is 0 Å². The largest absolute Gasteiger partial charge is 0.373 e. The zero-order chi connectivity index (χ0) is 22.4. The second-order valence-electron chi connectivity index (χ2n) is 8.33. The molecule has 4 aromatic rings. The number of nitrogens with one attached hydrogen (secondary N) is 1. The molecule has 166 valence electrons. The molecule has 0 saturated heterocycles. The molecule has 0 radical (unpaired) electrons. The van der Waals surface area contributed by atoms with Gasteiger partial charge in [0, 0.05) is 24.8 Å². The number of fused-ring (bicyclic) bond motifs is 2. The van der Waals surface area contributed by atoms with E-state index >= 15 is 0 Å². The van der Waals surface area contributed by atoms with Gasteiger partial charge in [-0.25, -0.2) is 22.5 Å². The number of nitrogens with zero attached hydrogens (tertiary/aromatic N) is 2. The summed E-state index contributed by atoms with van der Waals surface area (Å²) in [5.74, 6) is -3.69. The molecule has 4 nitrogen and oxygen atoms in total. The average molecular weight is 443 g/mol. The van der Waals surface area contributed by atoms with Crippen LogP contribution in [0, 0.1) is 29.2 Å². The lowest BCUT2D eigenvalue weighted by Gasteiger charge is -2.33. The number of rotatable bonds is 4. The Morgan fingerprint density at radius 3 is 2.53 bits per heavy atom. The molecular weight excluding hydrogens is 422 g/mol. The average Bonchev–Trinajstić information content (AvgIpc) is 3.22. The summed E-state index contributed by atoms with van der Waals surface area (Å²) < 4.78 is 60.8. The van der Waals surface area contributed by atoms with Crippen molar-refractivity contribution in [1.82, 2.24) is 15.0 Å². The fraction of sp³-hybridized carbons (Fsp3) is 0.333. The van der Waals surface area contributed by atoms with E-state index in [1.807, 2.05) is 6.07 Å². The fourth-order valence-electron chi connectivity index (χ4n) is 4.97. The van der Waals surface area contributed by atoms with Gasteiger partial charge in [-0.3, -0.25) is 4.98 Å². The van der Waals surface area contributed by atoms with Crippen molar-refractivity contribution < 1.29 is 22.3 Å². The smallest absolute Gasteiger partial charge is 0.196 e. The second kappa shape index (κ2) is 8.16. The predicted molar refractivity (Wildman–Crippen MR) is 112 cm³/mol. The highest BCUT2D eigenvalue weighted by atomic mass is 19.2. The molecule has 0 aliphatic heterocycles. The van der Waals surface area contributed by atoms with Gasteiger partial charge in [0.25, 0.3) is 0 Å². The van der Waals surface area contributed by atoms with E-state index in [0.717, 1.165) is 48.2 Å². The number of methoxy groups -OCH3 is 1. The Morgan fingerprint density at radius 1 is 1.00 bits per heavy atom. The van der Waals surface area contributed by atoms with Crippen molar-refractivity contribution >= 4 is 21.9 Å². The van der Waals surface area contributed by atoms with Crippen LogP contribution in [0.15, 0.2) is 36.5 Å². The molecule has 2 aromatic heterocycles. The molecule has 0 bridgehead atoms. The summed E-state index contributed by atoms with van der Waals surface area (Å²) in [6, 6.07) is 7.48. The quantitative estimate of drug-likeness (QED) is 0.296. The maximum Gasteiger partial charge on any atom is 0.196 e. The minimum Gasteiger partial charge on any atom is -0.373 e. The molecule has 2 aromatic carbocycles. The number of imidazole rings is 1. The van der Waals surface area contributed by atoms with Gasteiger partial charge in [0.15, 0.2) is 17.5 Å². The minimum absolute atomic E-state index is 0.0948.